The van der Waals surface area contributed by atoms with Gasteiger partial charge in [-0.25, -0.2) is 4.98 Å². The number of hydrogen-bond acceptors (Lipinski definition) is 7. The minimum atomic E-state index is -0.0745. The number of aromatic nitrogens is 4. The highest BCUT2D eigenvalue weighted by atomic mass is 32.2. The molecule has 1 aliphatic heterocycles. The van der Waals surface area contributed by atoms with E-state index >= 15 is 0 Å². The van der Waals surface area contributed by atoms with Crippen molar-refractivity contribution in [2.24, 2.45) is 0 Å². The third-order valence-corrected chi connectivity index (χ3v) is 5.76. The van der Waals surface area contributed by atoms with Crippen molar-refractivity contribution in [3.63, 3.8) is 0 Å². The normalized spacial score (nSPS) is 20.4. The number of amides is 1. The van der Waals surface area contributed by atoms with Gasteiger partial charge in [0.05, 0.1) is 18.4 Å². The van der Waals surface area contributed by atoms with Crippen LogP contribution >= 0.6 is 23.1 Å². The molecule has 1 atom stereocenters. The predicted octanol–water partition coefficient (Wildman–Crippen LogP) is 2.52. The van der Waals surface area contributed by atoms with Crippen LogP contribution in [0.1, 0.15) is 37.4 Å². The molecule has 3 heterocycles. The van der Waals surface area contributed by atoms with Gasteiger partial charge in [0.15, 0.2) is 10.3 Å². The average Bonchev–Trinajstić information content (AvgIpc) is 2.99. The van der Waals surface area contributed by atoms with Crippen LogP contribution < -0.4 is 5.32 Å². The number of rotatable bonds is 7. The van der Waals surface area contributed by atoms with Crippen LogP contribution in [0.2, 0.25) is 0 Å². The van der Waals surface area contributed by atoms with Gasteiger partial charge in [0.2, 0.25) is 5.91 Å². The largest absolute Gasteiger partial charge is 0.376 e. The van der Waals surface area contributed by atoms with Gasteiger partial charge in [-0.1, -0.05) is 11.8 Å². The van der Waals surface area contributed by atoms with Gasteiger partial charge >= 0.3 is 0 Å². The maximum absolute atomic E-state index is 12.0. The van der Waals surface area contributed by atoms with Gasteiger partial charge in [0.25, 0.3) is 0 Å². The maximum atomic E-state index is 12.0. The zero-order valence-corrected chi connectivity index (χ0v) is 14.8. The summed E-state index contributed by atoms with van der Waals surface area (Å²) in [4.78, 5) is 16.1. The van der Waals surface area contributed by atoms with Crippen LogP contribution in [-0.4, -0.2) is 44.1 Å². The number of ether oxygens (including phenoxy) is 1. The molecule has 4 rings (SSSR count). The quantitative estimate of drug-likeness (QED) is 0.759. The van der Waals surface area contributed by atoms with E-state index in [1.54, 1.807) is 6.20 Å². The van der Waals surface area contributed by atoms with Gasteiger partial charge < -0.3 is 14.6 Å². The van der Waals surface area contributed by atoms with E-state index in [0.29, 0.717) is 16.8 Å². The molecule has 1 amide bonds. The minimum Gasteiger partial charge on any atom is -0.376 e. The molecule has 2 aromatic heterocycles. The number of thiazole rings is 1. The predicted molar refractivity (Wildman–Crippen MR) is 92.4 cm³/mol. The molecule has 1 N–H and O–H groups in total. The average molecular weight is 365 g/mol. The van der Waals surface area contributed by atoms with Gasteiger partial charge in [-0.05, 0) is 25.7 Å². The van der Waals surface area contributed by atoms with Crippen molar-refractivity contribution in [2.45, 2.75) is 49.4 Å². The Labute approximate surface area is 148 Å². The highest BCUT2D eigenvalue weighted by Gasteiger charge is 2.31. The van der Waals surface area contributed by atoms with Crippen molar-refractivity contribution in [3.05, 3.63) is 17.4 Å². The summed E-state index contributed by atoms with van der Waals surface area (Å²) in [5.74, 6) is 1.80. The van der Waals surface area contributed by atoms with E-state index in [1.807, 2.05) is 5.38 Å². The molecule has 0 spiro atoms. The molecule has 24 heavy (non-hydrogen) atoms. The minimum absolute atomic E-state index is 0.0745. The number of nitrogens with one attached hydrogen (secondary N) is 1. The first kappa shape index (κ1) is 16.0. The Hall–Kier alpha value is -1.45. The zero-order chi connectivity index (χ0) is 16.4. The lowest BCUT2D eigenvalue weighted by atomic mass is 10.2. The topological polar surface area (TPSA) is 81.9 Å². The van der Waals surface area contributed by atoms with Gasteiger partial charge in [-0.2, -0.15) is 0 Å². The molecule has 2 aromatic rings. The van der Waals surface area contributed by atoms with Crippen LogP contribution in [-0.2, 0) is 16.1 Å². The molecular formula is C15H19N5O2S2. The second-order valence-electron chi connectivity index (χ2n) is 6.03. The molecule has 2 fully saturated rings. The van der Waals surface area contributed by atoms with Crippen LogP contribution in [0.15, 0.2) is 16.7 Å². The Morgan fingerprint density at radius 3 is 3.04 bits per heavy atom. The molecule has 1 unspecified atom stereocenters. The first-order valence-electron chi connectivity index (χ1n) is 8.16. The number of carbonyl (C=O) groups excluding carboxylic acids is 1. The molecule has 0 bridgehead atoms. The summed E-state index contributed by atoms with van der Waals surface area (Å²) in [6.45, 7) is 1.62. The van der Waals surface area contributed by atoms with Crippen LogP contribution in [0.5, 0.6) is 0 Å². The summed E-state index contributed by atoms with van der Waals surface area (Å²) in [5, 5.41) is 14.7. The van der Waals surface area contributed by atoms with E-state index in [4.69, 9.17) is 4.74 Å². The summed E-state index contributed by atoms with van der Waals surface area (Å²) < 4.78 is 7.92. The third kappa shape index (κ3) is 3.79. The van der Waals surface area contributed by atoms with Crippen LogP contribution in [0.3, 0.4) is 0 Å². The van der Waals surface area contributed by atoms with Crippen molar-refractivity contribution >= 4 is 34.1 Å². The Balaban J connectivity index is 1.41. The number of thioether (sulfide) groups is 1. The van der Waals surface area contributed by atoms with E-state index in [2.05, 4.69) is 25.1 Å². The van der Waals surface area contributed by atoms with Crippen molar-refractivity contribution in [1.29, 1.82) is 0 Å². The molecule has 1 saturated heterocycles. The lowest BCUT2D eigenvalue weighted by Gasteiger charge is -2.14. The fourth-order valence-electron chi connectivity index (χ4n) is 2.78. The third-order valence-electron chi connectivity index (χ3n) is 4.11. The first-order chi connectivity index (χ1) is 11.8. The van der Waals surface area contributed by atoms with E-state index in [1.165, 1.54) is 35.9 Å². The molecule has 128 valence electrons. The molecule has 0 radical (unpaired) electrons. The van der Waals surface area contributed by atoms with E-state index in [9.17, 15) is 4.79 Å². The Morgan fingerprint density at radius 2 is 2.33 bits per heavy atom. The molecule has 1 aliphatic carbocycles. The van der Waals surface area contributed by atoms with E-state index in [-0.39, 0.29) is 12.0 Å². The summed E-state index contributed by atoms with van der Waals surface area (Å²) in [6.07, 6.45) is 6.47. The summed E-state index contributed by atoms with van der Waals surface area (Å²) >= 11 is 2.84. The number of anilines is 1. The van der Waals surface area contributed by atoms with Crippen LogP contribution in [0, 0.1) is 0 Å². The first-order valence-corrected chi connectivity index (χ1v) is 10.0. The Kier molecular flexibility index (Phi) is 4.81. The zero-order valence-electron chi connectivity index (χ0n) is 13.2. The molecule has 7 nitrogen and oxygen atoms in total. The lowest BCUT2D eigenvalue weighted by Crippen LogP contribution is -2.18. The molecule has 2 aliphatic rings. The molecule has 9 heteroatoms. The molecular weight excluding hydrogens is 346 g/mol. The molecule has 0 aromatic carbocycles. The number of carbonyl (C=O) groups is 1. The van der Waals surface area contributed by atoms with Crippen molar-refractivity contribution in [2.75, 3.05) is 17.7 Å². The summed E-state index contributed by atoms with van der Waals surface area (Å²) in [5.41, 5.74) is 0. The second-order valence-corrected chi connectivity index (χ2v) is 7.87. The van der Waals surface area contributed by atoms with Gasteiger partial charge in [-0.3, -0.25) is 4.79 Å². The highest BCUT2D eigenvalue weighted by Crippen LogP contribution is 2.40. The van der Waals surface area contributed by atoms with E-state index in [0.717, 1.165) is 37.0 Å². The highest BCUT2D eigenvalue weighted by molar-refractivity contribution is 7.99. The van der Waals surface area contributed by atoms with Crippen molar-refractivity contribution < 1.29 is 9.53 Å². The van der Waals surface area contributed by atoms with Crippen molar-refractivity contribution in [1.82, 2.24) is 19.7 Å². The SMILES string of the molecule is O=C(CSc1nnc(C2CC2)n1CC1CCCO1)Nc1nccs1. The number of hydrogen-bond donors (Lipinski definition) is 1. The fraction of sp³-hybridized carbons (Fsp3) is 0.600. The fourth-order valence-corrected chi connectivity index (χ4v) is 4.08. The van der Waals surface area contributed by atoms with Gasteiger partial charge in [-0.15, -0.1) is 21.5 Å². The summed E-state index contributed by atoms with van der Waals surface area (Å²) in [7, 11) is 0. The Morgan fingerprint density at radius 1 is 1.42 bits per heavy atom. The van der Waals surface area contributed by atoms with E-state index < -0.39 is 0 Å². The van der Waals surface area contributed by atoms with Gasteiger partial charge in [0.1, 0.15) is 5.82 Å². The van der Waals surface area contributed by atoms with Crippen LogP contribution in [0.25, 0.3) is 0 Å². The van der Waals surface area contributed by atoms with Crippen LogP contribution in [0.4, 0.5) is 5.13 Å². The van der Waals surface area contributed by atoms with Crippen molar-refractivity contribution in [3.8, 4) is 0 Å². The lowest BCUT2D eigenvalue weighted by molar-refractivity contribution is -0.113. The smallest absolute Gasteiger partial charge is 0.236 e. The number of nitrogens with zero attached hydrogens (tertiary/aromatic N) is 4. The molecule has 1 saturated carbocycles. The maximum Gasteiger partial charge on any atom is 0.236 e. The standard InChI is InChI=1S/C15H19N5O2S2/c21-12(17-14-16-5-7-23-14)9-24-15-19-18-13(10-3-4-10)20(15)8-11-2-1-6-22-11/h5,7,10-11H,1-4,6,8-9H2,(H,16,17,21). The second kappa shape index (κ2) is 7.20. The Bertz CT molecular complexity index is 693. The monoisotopic (exact) mass is 365 g/mol. The summed E-state index contributed by atoms with van der Waals surface area (Å²) in [6, 6.07) is 0. The van der Waals surface area contributed by atoms with Gasteiger partial charge in [0, 0.05) is 24.1 Å².